The monoisotopic (exact) mass is 285 g/mol. The third-order valence-electron chi connectivity index (χ3n) is 2.64. The lowest BCUT2D eigenvalue weighted by Crippen LogP contribution is -2.35. The Morgan fingerprint density at radius 2 is 2.05 bits per heavy atom. The summed E-state index contributed by atoms with van der Waals surface area (Å²) in [4.78, 5) is 23.4. The van der Waals surface area contributed by atoms with E-state index in [9.17, 15) is 9.59 Å². The van der Waals surface area contributed by atoms with Gasteiger partial charge in [0.1, 0.15) is 11.3 Å². The van der Waals surface area contributed by atoms with Crippen molar-refractivity contribution >= 4 is 12.1 Å². The summed E-state index contributed by atoms with van der Waals surface area (Å²) in [5.74, 6) is -0.505. The number of ether oxygens (including phenoxy) is 3. The van der Waals surface area contributed by atoms with Gasteiger partial charge in [-0.05, 0) is 39.7 Å². The molecule has 0 aromatic rings. The van der Waals surface area contributed by atoms with Crippen LogP contribution in [0.5, 0.6) is 0 Å². The summed E-state index contributed by atoms with van der Waals surface area (Å²) >= 11 is 0. The Morgan fingerprint density at radius 1 is 1.35 bits per heavy atom. The number of hydrogen-bond acceptors (Lipinski definition) is 5. The molecular formula is C14H23NO5. The molecule has 1 amide bonds. The molecular weight excluding hydrogens is 262 g/mol. The molecule has 1 atom stereocenters. The molecule has 1 unspecified atom stereocenters. The minimum absolute atomic E-state index is 0.0905. The molecule has 114 valence electrons. The lowest BCUT2D eigenvalue weighted by atomic mass is 10.0. The molecule has 1 heterocycles. The minimum atomic E-state index is -0.675. The molecule has 0 aromatic carbocycles. The number of methoxy groups -OCH3 is 1. The first kappa shape index (κ1) is 16.5. The van der Waals surface area contributed by atoms with E-state index in [1.807, 2.05) is 0 Å². The lowest BCUT2D eigenvalue weighted by Gasteiger charge is -2.22. The van der Waals surface area contributed by atoms with E-state index in [0.29, 0.717) is 6.61 Å². The van der Waals surface area contributed by atoms with Crippen LogP contribution in [-0.2, 0) is 19.0 Å². The van der Waals surface area contributed by atoms with Crippen molar-refractivity contribution in [2.75, 3.05) is 20.3 Å². The molecule has 1 aliphatic rings. The molecule has 0 aliphatic carbocycles. The average molecular weight is 285 g/mol. The second-order valence-electron chi connectivity index (χ2n) is 5.68. The van der Waals surface area contributed by atoms with Crippen molar-refractivity contribution in [1.29, 1.82) is 0 Å². The maximum atomic E-state index is 11.7. The van der Waals surface area contributed by atoms with Crippen LogP contribution >= 0.6 is 0 Å². The van der Waals surface area contributed by atoms with Crippen LogP contribution in [0.4, 0.5) is 4.79 Å². The van der Waals surface area contributed by atoms with Crippen LogP contribution in [0.15, 0.2) is 11.8 Å². The van der Waals surface area contributed by atoms with Gasteiger partial charge in [0.2, 0.25) is 0 Å². The summed E-state index contributed by atoms with van der Waals surface area (Å²) in [5, 5.41) is 2.44. The number of carbonyl (C=O) groups excluding carboxylic acids is 2. The fraction of sp³-hybridized carbons (Fsp3) is 0.714. The van der Waals surface area contributed by atoms with Gasteiger partial charge in [0, 0.05) is 12.5 Å². The van der Waals surface area contributed by atoms with E-state index in [-0.39, 0.29) is 11.6 Å². The summed E-state index contributed by atoms with van der Waals surface area (Å²) < 4.78 is 15.1. The normalized spacial score (nSPS) is 20.2. The number of hydrogen-bond donors (Lipinski definition) is 1. The summed E-state index contributed by atoms with van der Waals surface area (Å²) in [5.41, 5.74) is -0.531. The Labute approximate surface area is 119 Å². The first-order chi connectivity index (χ1) is 9.31. The Bertz CT molecular complexity index is 378. The highest BCUT2D eigenvalue weighted by Crippen LogP contribution is 2.17. The van der Waals surface area contributed by atoms with Gasteiger partial charge in [0.25, 0.3) is 0 Å². The van der Waals surface area contributed by atoms with Gasteiger partial charge in [-0.25, -0.2) is 9.59 Å². The summed E-state index contributed by atoms with van der Waals surface area (Å²) in [6.07, 6.45) is 2.85. The van der Waals surface area contributed by atoms with Gasteiger partial charge >= 0.3 is 12.1 Å². The van der Waals surface area contributed by atoms with Gasteiger partial charge in [-0.3, -0.25) is 5.32 Å². The van der Waals surface area contributed by atoms with E-state index >= 15 is 0 Å². The van der Waals surface area contributed by atoms with Gasteiger partial charge in [0.05, 0.1) is 13.7 Å². The van der Waals surface area contributed by atoms with Gasteiger partial charge in [-0.15, -0.1) is 0 Å². The van der Waals surface area contributed by atoms with Crippen molar-refractivity contribution in [3.63, 3.8) is 0 Å². The molecule has 1 aliphatic heterocycles. The molecule has 6 nitrogen and oxygen atoms in total. The molecule has 6 heteroatoms. The van der Waals surface area contributed by atoms with Gasteiger partial charge in [0.15, 0.2) is 0 Å². The molecule has 1 fully saturated rings. The minimum Gasteiger partial charge on any atom is -0.464 e. The highest BCUT2D eigenvalue weighted by atomic mass is 16.6. The van der Waals surface area contributed by atoms with E-state index in [4.69, 9.17) is 9.47 Å². The zero-order valence-corrected chi connectivity index (χ0v) is 12.5. The molecule has 20 heavy (non-hydrogen) atoms. The summed E-state index contributed by atoms with van der Waals surface area (Å²) in [6, 6.07) is 0. The molecule has 1 saturated heterocycles. The third kappa shape index (κ3) is 6.06. The number of carbonyl (C=O) groups is 2. The first-order valence-corrected chi connectivity index (χ1v) is 6.69. The van der Waals surface area contributed by atoms with Crippen LogP contribution < -0.4 is 5.32 Å². The Kier molecular flexibility index (Phi) is 6.01. The average Bonchev–Trinajstić information content (AvgIpc) is 2.36. The van der Waals surface area contributed by atoms with Crippen LogP contribution in [-0.4, -0.2) is 38.0 Å². The number of alkyl carbamates (subject to hydrolysis) is 1. The van der Waals surface area contributed by atoms with Crippen LogP contribution in [0.2, 0.25) is 0 Å². The van der Waals surface area contributed by atoms with Crippen molar-refractivity contribution < 1.29 is 23.8 Å². The first-order valence-electron chi connectivity index (χ1n) is 6.69. The van der Waals surface area contributed by atoms with Crippen molar-refractivity contribution in [3.8, 4) is 0 Å². The van der Waals surface area contributed by atoms with Crippen molar-refractivity contribution in [2.24, 2.45) is 5.92 Å². The fourth-order valence-corrected chi connectivity index (χ4v) is 1.82. The Hall–Kier alpha value is -1.56. The smallest absolute Gasteiger partial charge is 0.412 e. The highest BCUT2D eigenvalue weighted by molar-refractivity contribution is 5.92. The summed E-state index contributed by atoms with van der Waals surface area (Å²) in [7, 11) is 1.27. The number of nitrogens with one attached hydrogen (secondary N) is 1. The molecule has 1 rings (SSSR count). The number of rotatable bonds is 3. The molecule has 0 spiro atoms. The van der Waals surface area contributed by atoms with Gasteiger partial charge in [-0.1, -0.05) is 0 Å². The largest absolute Gasteiger partial charge is 0.464 e. The topological polar surface area (TPSA) is 73.9 Å². The van der Waals surface area contributed by atoms with Gasteiger partial charge in [-0.2, -0.15) is 0 Å². The van der Waals surface area contributed by atoms with Crippen molar-refractivity contribution in [2.45, 2.75) is 39.2 Å². The zero-order chi connectivity index (χ0) is 15.2. The van der Waals surface area contributed by atoms with Crippen LogP contribution in [0, 0.1) is 5.92 Å². The Balaban J connectivity index is 2.71. The second-order valence-corrected chi connectivity index (χ2v) is 5.68. The van der Waals surface area contributed by atoms with Crippen LogP contribution in [0.1, 0.15) is 33.6 Å². The standard InChI is InChI=1S/C14H23NO5/c1-14(2,3)20-13(17)15-11(12(16)18-4)8-10-6-5-7-19-9-10/h8,10H,5-7,9H2,1-4H3,(H,15,17). The van der Waals surface area contributed by atoms with Crippen LogP contribution in [0.25, 0.3) is 0 Å². The van der Waals surface area contributed by atoms with E-state index in [1.165, 1.54) is 7.11 Å². The maximum absolute atomic E-state index is 11.7. The summed E-state index contributed by atoms with van der Waals surface area (Å²) in [6.45, 7) is 6.53. The fourth-order valence-electron chi connectivity index (χ4n) is 1.82. The second kappa shape index (κ2) is 7.28. The number of esters is 1. The molecule has 0 aromatic heterocycles. The lowest BCUT2D eigenvalue weighted by molar-refractivity contribution is -0.136. The number of amides is 1. The highest BCUT2D eigenvalue weighted by Gasteiger charge is 2.22. The SMILES string of the molecule is COC(=O)C(=CC1CCCOC1)NC(=O)OC(C)(C)C. The van der Waals surface area contributed by atoms with E-state index in [0.717, 1.165) is 19.4 Å². The predicted molar refractivity (Wildman–Crippen MR) is 73.0 cm³/mol. The van der Waals surface area contributed by atoms with E-state index < -0.39 is 17.7 Å². The zero-order valence-electron chi connectivity index (χ0n) is 12.5. The van der Waals surface area contributed by atoms with Crippen molar-refractivity contribution in [3.05, 3.63) is 11.8 Å². The molecule has 0 saturated carbocycles. The van der Waals surface area contributed by atoms with Crippen LogP contribution in [0.3, 0.4) is 0 Å². The third-order valence-corrected chi connectivity index (χ3v) is 2.64. The quantitative estimate of drug-likeness (QED) is 0.634. The molecule has 0 bridgehead atoms. The van der Waals surface area contributed by atoms with E-state index in [1.54, 1.807) is 26.8 Å². The van der Waals surface area contributed by atoms with Gasteiger partial charge < -0.3 is 14.2 Å². The maximum Gasteiger partial charge on any atom is 0.412 e. The van der Waals surface area contributed by atoms with E-state index in [2.05, 4.69) is 10.1 Å². The molecule has 1 N–H and O–H groups in total. The Morgan fingerprint density at radius 3 is 2.55 bits per heavy atom. The predicted octanol–water partition coefficient (Wildman–Crippen LogP) is 1.99. The molecule has 0 radical (unpaired) electrons. The van der Waals surface area contributed by atoms with Crippen molar-refractivity contribution in [1.82, 2.24) is 5.32 Å².